The molecule has 1 aliphatic heterocycles. The molecule has 1 aromatic carbocycles. The minimum Gasteiger partial charge on any atom is -0.508 e. The summed E-state index contributed by atoms with van der Waals surface area (Å²) in [5, 5.41) is 9.79. The van der Waals surface area contributed by atoms with E-state index in [-0.39, 0.29) is 23.0 Å². The van der Waals surface area contributed by atoms with Crippen LogP contribution < -0.4 is 9.47 Å². The molecule has 1 fully saturated rings. The van der Waals surface area contributed by atoms with Crippen molar-refractivity contribution in [2.75, 3.05) is 13.7 Å². The van der Waals surface area contributed by atoms with Crippen LogP contribution in [0.15, 0.2) is 36.1 Å². The Morgan fingerprint density at radius 2 is 1.45 bits per heavy atom. The van der Waals surface area contributed by atoms with Gasteiger partial charge < -0.3 is 38.3 Å². The molecular weight excluding hydrogens is 532 g/mol. The van der Waals surface area contributed by atoms with Crippen molar-refractivity contribution < 1.29 is 62.2 Å². The summed E-state index contributed by atoms with van der Waals surface area (Å²) < 4.78 is 38.5. The third-order valence-electron chi connectivity index (χ3n) is 5.18. The van der Waals surface area contributed by atoms with E-state index < -0.39 is 61.2 Å². The van der Waals surface area contributed by atoms with Gasteiger partial charge in [-0.15, -0.1) is 0 Å². The Bertz CT molecular complexity index is 1170. The van der Waals surface area contributed by atoms with Gasteiger partial charge in [0.05, 0.1) is 7.11 Å². The van der Waals surface area contributed by atoms with Gasteiger partial charge in [-0.05, 0) is 30.7 Å². The number of hydrogen-bond acceptors (Lipinski definition) is 13. The standard InChI is InChI=1S/C27H32O13/c1-14(28)11-20(33)9-7-19-8-10-21(22(12-19)34-6)39-27-26(38-18(5)32)25(37-17(4)31)24(36-16(3)30)23(40-27)13-35-15(2)29/h7-12,23-27,33H,13H2,1-6H3/b9-7+,20-11-/t23-,24-,25+,26-,27-/m1/s1. The number of benzene rings is 1. The van der Waals surface area contributed by atoms with Crippen molar-refractivity contribution in [3.05, 3.63) is 41.7 Å². The van der Waals surface area contributed by atoms with Crippen LogP contribution in [0.5, 0.6) is 11.5 Å². The van der Waals surface area contributed by atoms with E-state index in [1.165, 1.54) is 39.2 Å². The first-order valence-electron chi connectivity index (χ1n) is 12.0. The van der Waals surface area contributed by atoms with Gasteiger partial charge in [0.15, 0.2) is 29.5 Å². The first-order chi connectivity index (χ1) is 18.8. The first kappa shape index (κ1) is 31.8. The van der Waals surface area contributed by atoms with Crippen molar-refractivity contribution in [2.24, 2.45) is 0 Å². The van der Waals surface area contributed by atoms with Gasteiger partial charge in [0, 0.05) is 33.8 Å². The smallest absolute Gasteiger partial charge is 0.303 e. The first-order valence-corrected chi connectivity index (χ1v) is 12.0. The van der Waals surface area contributed by atoms with E-state index in [9.17, 15) is 29.1 Å². The molecule has 1 saturated heterocycles. The number of hydrogen-bond donors (Lipinski definition) is 1. The highest BCUT2D eigenvalue weighted by atomic mass is 16.7. The van der Waals surface area contributed by atoms with Crippen LogP contribution in [0.4, 0.5) is 0 Å². The fourth-order valence-electron chi connectivity index (χ4n) is 3.73. The lowest BCUT2D eigenvalue weighted by Crippen LogP contribution is -2.63. The minimum absolute atomic E-state index is 0.115. The molecule has 0 bridgehead atoms. The number of methoxy groups -OCH3 is 1. The van der Waals surface area contributed by atoms with Crippen molar-refractivity contribution >= 4 is 35.7 Å². The third kappa shape index (κ3) is 9.73. The zero-order valence-corrected chi connectivity index (χ0v) is 22.9. The van der Waals surface area contributed by atoms with Gasteiger partial charge in [-0.3, -0.25) is 24.0 Å². The second-order valence-electron chi connectivity index (χ2n) is 8.61. The largest absolute Gasteiger partial charge is 0.508 e. The second kappa shape index (κ2) is 14.7. The lowest BCUT2D eigenvalue weighted by molar-refractivity contribution is -0.288. The fraction of sp³-hybridized carbons (Fsp3) is 0.444. The number of carbonyl (C=O) groups is 5. The number of allylic oxidation sites excluding steroid dienone is 2. The summed E-state index contributed by atoms with van der Waals surface area (Å²) in [5.74, 6) is -3.21. The Hall–Kier alpha value is -4.39. The topological polar surface area (TPSA) is 170 Å². The average Bonchev–Trinajstić information content (AvgIpc) is 2.84. The monoisotopic (exact) mass is 564 g/mol. The van der Waals surface area contributed by atoms with Gasteiger partial charge in [0.25, 0.3) is 0 Å². The summed E-state index contributed by atoms with van der Waals surface area (Å²) >= 11 is 0. The molecule has 0 saturated carbocycles. The average molecular weight is 565 g/mol. The summed E-state index contributed by atoms with van der Waals surface area (Å²) in [6, 6.07) is 4.65. The molecule has 13 nitrogen and oxygen atoms in total. The van der Waals surface area contributed by atoms with Crippen molar-refractivity contribution in [2.45, 2.75) is 65.3 Å². The highest BCUT2D eigenvalue weighted by Crippen LogP contribution is 2.35. The molecule has 2 rings (SSSR count). The van der Waals surface area contributed by atoms with Gasteiger partial charge in [-0.1, -0.05) is 12.1 Å². The lowest BCUT2D eigenvalue weighted by Gasteiger charge is -2.44. The van der Waals surface area contributed by atoms with Crippen LogP contribution in [-0.4, -0.2) is 79.2 Å². The number of aliphatic hydroxyl groups is 1. The van der Waals surface area contributed by atoms with Gasteiger partial charge in [0.1, 0.15) is 18.5 Å². The molecule has 218 valence electrons. The van der Waals surface area contributed by atoms with E-state index in [4.69, 9.17) is 33.2 Å². The highest BCUT2D eigenvalue weighted by Gasteiger charge is 2.53. The molecule has 1 aromatic rings. The quantitative estimate of drug-likeness (QED) is 0.137. The van der Waals surface area contributed by atoms with Crippen molar-refractivity contribution in [3.63, 3.8) is 0 Å². The molecule has 0 aliphatic carbocycles. The molecule has 40 heavy (non-hydrogen) atoms. The molecule has 0 radical (unpaired) electrons. The molecule has 0 spiro atoms. The fourth-order valence-corrected chi connectivity index (χ4v) is 3.73. The number of esters is 4. The van der Waals surface area contributed by atoms with Gasteiger partial charge in [-0.2, -0.15) is 0 Å². The van der Waals surface area contributed by atoms with Crippen LogP contribution in [0.25, 0.3) is 6.08 Å². The number of ether oxygens (including phenoxy) is 7. The van der Waals surface area contributed by atoms with Crippen molar-refractivity contribution in [1.82, 2.24) is 0 Å². The summed E-state index contributed by atoms with van der Waals surface area (Å²) in [6.07, 6.45) is -2.88. The molecule has 0 unspecified atom stereocenters. The van der Waals surface area contributed by atoms with E-state index in [1.54, 1.807) is 12.1 Å². The second-order valence-corrected chi connectivity index (χ2v) is 8.61. The highest BCUT2D eigenvalue weighted by molar-refractivity contribution is 5.88. The maximum absolute atomic E-state index is 12.0. The molecule has 13 heteroatoms. The normalized spacial score (nSPS) is 22.6. The molecule has 0 amide bonds. The number of carbonyl (C=O) groups excluding carboxylic acids is 5. The van der Waals surface area contributed by atoms with Crippen molar-refractivity contribution in [3.8, 4) is 11.5 Å². The van der Waals surface area contributed by atoms with Crippen LogP contribution in [0.3, 0.4) is 0 Å². The number of rotatable bonds is 11. The van der Waals surface area contributed by atoms with Gasteiger partial charge >= 0.3 is 23.9 Å². The molecule has 5 atom stereocenters. The number of ketones is 1. The van der Waals surface area contributed by atoms with Crippen LogP contribution >= 0.6 is 0 Å². The predicted molar refractivity (Wildman–Crippen MR) is 136 cm³/mol. The molecular formula is C27H32O13. The van der Waals surface area contributed by atoms with Crippen molar-refractivity contribution in [1.29, 1.82) is 0 Å². The Labute approximate surface area is 230 Å². The Balaban J connectivity index is 2.48. The van der Waals surface area contributed by atoms with Crippen LogP contribution in [0, 0.1) is 0 Å². The predicted octanol–water partition coefficient (Wildman–Crippen LogP) is 2.20. The molecule has 1 aliphatic rings. The summed E-state index contributed by atoms with van der Waals surface area (Å²) in [6.45, 7) is 5.40. The van der Waals surface area contributed by atoms with Crippen LogP contribution in [0.2, 0.25) is 0 Å². The van der Waals surface area contributed by atoms with E-state index in [0.29, 0.717) is 5.56 Å². The summed E-state index contributed by atoms with van der Waals surface area (Å²) in [7, 11) is 1.37. The minimum atomic E-state index is -1.45. The zero-order chi connectivity index (χ0) is 30.0. The maximum atomic E-state index is 12.0. The summed E-state index contributed by atoms with van der Waals surface area (Å²) in [4.78, 5) is 58.5. The molecule has 0 aromatic heterocycles. The van der Waals surface area contributed by atoms with Gasteiger partial charge in [0.2, 0.25) is 12.4 Å². The SMILES string of the molecule is COc1cc(/C=C/C(O)=C/C(C)=O)ccc1O[C@@H]1O[C@H](COC(C)=O)[C@@H](OC(C)=O)[C@H](OC(C)=O)[C@H]1OC(C)=O. The van der Waals surface area contributed by atoms with Crippen LogP contribution in [-0.2, 0) is 47.7 Å². The Kier molecular flexibility index (Phi) is 11.7. The third-order valence-corrected chi connectivity index (χ3v) is 5.18. The van der Waals surface area contributed by atoms with Crippen LogP contribution in [0.1, 0.15) is 40.2 Å². The maximum Gasteiger partial charge on any atom is 0.303 e. The van der Waals surface area contributed by atoms with E-state index in [1.807, 2.05) is 0 Å². The zero-order valence-electron chi connectivity index (χ0n) is 22.9. The van der Waals surface area contributed by atoms with E-state index in [2.05, 4.69) is 0 Å². The Morgan fingerprint density at radius 1 is 0.850 bits per heavy atom. The Morgan fingerprint density at radius 3 is 2.00 bits per heavy atom. The molecule has 1 heterocycles. The number of aliphatic hydroxyl groups excluding tert-OH is 1. The summed E-state index contributed by atoms with van der Waals surface area (Å²) in [5.41, 5.74) is 0.564. The van der Waals surface area contributed by atoms with E-state index in [0.717, 1.165) is 26.8 Å². The van der Waals surface area contributed by atoms with Gasteiger partial charge in [-0.25, -0.2) is 0 Å². The molecule has 1 N–H and O–H groups in total. The van der Waals surface area contributed by atoms with E-state index >= 15 is 0 Å². The lowest BCUT2D eigenvalue weighted by atomic mass is 9.98.